The van der Waals surface area contributed by atoms with Crippen LogP contribution in [0.5, 0.6) is 0 Å². The number of methoxy groups -OCH3 is 1. The molecule has 2 heterocycles. The Hall–Kier alpha value is -2.39. The highest BCUT2D eigenvalue weighted by atomic mass is 16.7. The first kappa shape index (κ1) is 23.9. The molecule has 0 radical (unpaired) electrons. The first-order valence-corrected chi connectivity index (χ1v) is 9.81. The number of carbonyl (C=O) groups excluding carboxylic acids is 2. The molecule has 8 nitrogen and oxygen atoms in total. The molecule has 0 unspecified atom stereocenters. The molecule has 0 bridgehead atoms. The number of rotatable bonds is 5. The molecule has 0 atom stereocenters. The van der Waals surface area contributed by atoms with Crippen molar-refractivity contribution in [2.24, 2.45) is 0 Å². The molecule has 1 amide bonds. The normalized spacial score (nSPS) is 18.1. The number of hydrogen-bond donors (Lipinski definition) is 1. The second-order valence-corrected chi connectivity index (χ2v) is 9.13. The summed E-state index contributed by atoms with van der Waals surface area (Å²) in [5.74, 6) is -0.511. The summed E-state index contributed by atoms with van der Waals surface area (Å²) in [6, 6.07) is 3.30. The molecule has 30 heavy (non-hydrogen) atoms. The van der Waals surface area contributed by atoms with Gasteiger partial charge < -0.3 is 24.1 Å². The van der Waals surface area contributed by atoms with Crippen molar-refractivity contribution in [3.63, 3.8) is 0 Å². The van der Waals surface area contributed by atoms with Crippen molar-refractivity contribution in [3.8, 4) is 0 Å². The summed E-state index contributed by atoms with van der Waals surface area (Å²) in [7, 11) is 0.640. The Bertz CT molecular complexity index is 796. The van der Waals surface area contributed by atoms with Crippen LogP contribution in [0.3, 0.4) is 0 Å². The van der Waals surface area contributed by atoms with Gasteiger partial charge in [-0.25, -0.2) is 14.6 Å². The second kappa shape index (κ2) is 8.77. The van der Waals surface area contributed by atoms with Gasteiger partial charge in [-0.05, 0) is 65.6 Å². The van der Waals surface area contributed by atoms with Crippen LogP contribution in [0.4, 0.5) is 4.79 Å². The zero-order valence-corrected chi connectivity index (χ0v) is 19.0. The molecule has 1 aliphatic heterocycles. The third kappa shape index (κ3) is 6.06. The number of aromatic nitrogens is 1. The van der Waals surface area contributed by atoms with E-state index in [4.69, 9.17) is 14.0 Å². The van der Waals surface area contributed by atoms with Gasteiger partial charge in [-0.1, -0.05) is 12.1 Å². The van der Waals surface area contributed by atoms with E-state index in [1.54, 1.807) is 39.1 Å². The third-order valence-electron chi connectivity index (χ3n) is 4.92. The predicted molar refractivity (Wildman–Crippen MR) is 114 cm³/mol. The summed E-state index contributed by atoms with van der Waals surface area (Å²) in [5.41, 5.74) is -0.0544. The van der Waals surface area contributed by atoms with Gasteiger partial charge in [0.05, 0.1) is 18.3 Å². The highest BCUT2D eigenvalue weighted by Crippen LogP contribution is 2.38. The number of esters is 1. The quantitative estimate of drug-likeness (QED) is 0.578. The van der Waals surface area contributed by atoms with Crippen LogP contribution in [0.2, 0.25) is 0 Å². The summed E-state index contributed by atoms with van der Waals surface area (Å²) in [6.45, 7) is 13.4. The van der Waals surface area contributed by atoms with Crippen LogP contribution in [0.25, 0.3) is 6.08 Å². The Kier molecular flexibility index (Phi) is 6.99. The van der Waals surface area contributed by atoms with Crippen molar-refractivity contribution in [1.29, 1.82) is 0 Å². The molecule has 164 valence electrons. The molecule has 9 heteroatoms. The Morgan fingerprint density at radius 2 is 1.77 bits per heavy atom. The van der Waals surface area contributed by atoms with Crippen molar-refractivity contribution in [3.05, 3.63) is 35.1 Å². The first-order valence-electron chi connectivity index (χ1n) is 9.81. The monoisotopic (exact) mass is 418 g/mol. The average molecular weight is 418 g/mol. The van der Waals surface area contributed by atoms with Gasteiger partial charge >= 0.3 is 19.2 Å². The molecule has 0 aliphatic carbocycles. The van der Waals surface area contributed by atoms with E-state index >= 15 is 0 Å². The molecule has 1 aromatic heterocycles. The topological polar surface area (TPSA) is 96.0 Å². The SMILES string of the molecule is COC(=O)c1ccc(C=C(CNC(=O)OC(C)(C)C)B2OC(C)(C)C(C)(C)O2)cn1. The van der Waals surface area contributed by atoms with Crippen LogP contribution in [0.15, 0.2) is 23.8 Å². The highest BCUT2D eigenvalue weighted by Gasteiger charge is 2.52. The molecule has 1 N–H and O–H groups in total. The van der Waals surface area contributed by atoms with E-state index in [1.165, 1.54) is 7.11 Å². The van der Waals surface area contributed by atoms with E-state index in [1.807, 2.05) is 33.8 Å². The lowest BCUT2D eigenvalue weighted by Crippen LogP contribution is -2.41. The number of nitrogens with one attached hydrogen (secondary N) is 1. The Morgan fingerprint density at radius 1 is 1.17 bits per heavy atom. The number of hydrogen-bond acceptors (Lipinski definition) is 7. The first-order chi connectivity index (χ1) is 13.7. The van der Waals surface area contributed by atoms with E-state index < -0.39 is 36.0 Å². The maximum atomic E-state index is 12.1. The van der Waals surface area contributed by atoms with Crippen LogP contribution in [0, 0.1) is 0 Å². The molecule has 0 saturated carbocycles. The smallest absolute Gasteiger partial charge is 0.464 e. The minimum atomic E-state index is -0.662. The van der Waals surface area contributed by atoms with E-state index in [0.717, 1.165) is 5.56 Å². The minimum absolute atomic E-state index is 0.157. The molecule has 1 aromatic rings. The number of amides is 1. The van der Waals surface area contributed by atoms with Crippen molar-refractivity contribution in [1.82, 2.24) is 10.3 Å². The molecule has 1 saturated heterocycles. The van der Waals surface area contributed by atoms with E-state index in [2.05, 4.69) is 15.0 Å². The summed E-state index contributed by atoms with van der Waals surface area (Å²) in [4.78, 5) is 27.8. The van der Waals surface area contributed by atoms with Gasteiger partial charge in [0.2, 0.25) is 0 Å². The maximum absolute atomic E-state index is 12.1. The third-order valence-corrected chi connectivity index (χ3v) is 4.92. The number of ether oxygens (including phenoxy) is 2. The van der Waals surface area contributed by atoms with Crippen LogP contribution in [0.1, 0.15) is 64.5 Å². The molecule has 0 spiro atoms. The van der Waals surface area contributed by atoms with Crippen LogP contribution < -0.4 is 5.32 Å². The van der Waals surface area contributed by atoms with E-state index in [9.17, 15) is 9.59 Å². The van der Waals surface area contributed by atoms with Gasteiger partial charge in [-0.3, -0.25) is 0 Å². The van der Waals surface area contributed by atoms with Crippen molar-refractivity contribution < 1.29 is 28.4 Å². The largest absolute Gasteiger partial charge is 0.492 e. The zero-order valence-electron chi connectivity index (χ0n) is 19.0. The van der Waals surface area contributed by atoms with Gasteiger partial charge in [0.25, 0.3) is 0 Å². The Balaban J connectivity index is 2.26. The molecule has 2 rings (SSSR count). The fraction of sp³-hybridized carbons (Fsp3) is 0.571. The lowest BCUT2D eigenvalue weighted by molar-refractivity contribution is 0.00578. The van der Waals surface area contributed by atoms with Gasteiger partial charge in [0.15, 0.2) is 0 Å². The van der Waals surface area contributed by atoms with Gasteiger partial charge in [-0.15, -0.1) is 0 Å². The van der Waals surface area contributed by atoms with Crippen molar-refractivity contribution in [2.45, 2.75) is 65.3 Å². The molecule has 0 aromatic carbocycles. The fourth-order valence-corrected chi connectivity index (χ4v) is 2.62. The number of nitrogens with zero attached hydrogens (tertiary/aromatic N) is 1. The maximum Gasteiger partial charge on any atom is 0.492 e. The summed E-state index contributed by atoms with van der Waals surface area (Å²) in [6.07, 6.45) is 2.82. The number of pyridine rings is 1. The molecule has 1 aliphatic rings. The summed E-state index contributed by atoms with van der Waals surface area (Å²) >= 11 is 0. The fourth-order valence-electron chi connectivity index (χ4n) is 2.62. The standard InChI is InChI=1S/C21H31BN2O6/c1-19(2,3)28-18(26)24-13-15(22-29-20(4,5)21(6,7)30-22)11-14-9-10-16(23-12-14)17(25)27-8/h9-12H,13H2,1-8H3,(H,24,26). The van der Waals surface area contributed by atoms with E-state index in [0.29, 0.717) is 5.47 Å². The lowest BCUT2D eigenvalue weighted by atomic mass is 9.77. The predicted octanol–water partition coefficient (Wildman–Crippen LogP) is 3.41. The average Bonchev–Trinajstić information content (AvgIpc) is 2.84. The highest BCUT2D eigenvalue weighted by molar-refractivity contribution is 6.56. The van der Waals surface area contributed by atoms with Crippen molar-refractivity contribution in [2.75, 3.05) is 13.7 Å². The Labute approximate surface area is 178 Å². The Morgan fingerprint density at radius 3 is 2.23 bits per heavy atom. The number of alkyl carbamates (subject to hydrolysis) is 1. The van der Waals surface area contributed by atoms with Crippen molar-refractivity contribution >= 4 is 25.3 Å². The summed E-state index contributed by atoms with van der Waals surface area (Å²) in [5, 5.41) is 2.75. The molecular formula is C21H31BN2O6. The van der Waals surface area contributed by atoms with E-state index in [-0.39, 0.29) is 12.2 Å². The van der Waals surface area contributed by atoms with Crippen LogP contribution >= 0.6 is 0 Å². The minimum Gasteiger partial charge on any atom is -0.464 e. The lowest BCUT2D eigenvalue weighted by Gasteiger charge is -2.32. The zero-order chi connectivity index (χ0) is 22.7. The summed E-state index contributed by atoms with van der Waals surface area (Å²) < 4.78 is 22.3. The van der Waals surface area contributed by atoms with Gasteiger partial charge in [0, 0.05) is 12.7 Å². The van der Waals surface area contributed by atoms with Gasteiger partial charge in [-0.2, -0.15) is 0 Å². The molecular weight excluding hydrogens is 387 g/mol. The molecule has 1 fully saturated rings. The van der Waals surface area contributed by atoms with Crippen LogP contribution in [-0.2, 0) is 18.8 Å². The van der Waals surface area contributed by atoms with Crippen LogP contribution in [-0.4, -0.2) is 54.6 Å². The van der Waals surface area contributed by atoms with Gasteiger partial charge in [0.1, 0.15) is 11.3 Å². The number of carbonyl (C=O) groups is 2. The second-order valence-electron chi connectivity index (χ2n) is 9.13.